The third-order valence-corrected chi connectivity index (χ3v) is 11.5. The summed E-state index contributed by atoms with van der Waals surface area (Å²) in [4.78, 5) is 150. The van der Waals surface area contributed by atoms with Gasteiger partial charge in [0.15, 0.2) is 5.96 Å². The van der Waals surface area contributed by atoms with Gasteiger partial charge in [-0.25, -0.2) is 4.79 Å². The molecule has 27 heteroatoms. The number of benzene rings is 1. The molecule has 10 unspecified atom stereocenters. The fourth-order valence-electron chi connectivity index (χ4n) is 7.54. The second-order valence-corrected chi connectivity index (χ2v) is 18.5. The van der Waals surface area contributed by atoms with Crippen LogP contribution in [0.3, 0.4) is 0 Å². The molecule has 17 N–H and O–H groups in total. The van der Waals surface area contributed by atoms with Crippen molar-refractivity contribution in [3.8, 4) is 0 Å². The number of aliphatic hydroxyl groups excluding tert-OH is 1. The molecule has 0 saturated carbocycles. The number of rotatable bonds is 30. The summed E-state index contributed by atoms with van der Waals surface area (Å²) in [5.41, 5.74) is 17.0. The van der Waals surface area contributed by atoms with E-state index in [-0.39, 0.29) is 63.5 Å². The van der Waals surface area contributed by atoms with Crippen molar-refractivity contribution in [1.29, 1.82) is 0 Å². The second-order valence-electron chi connectivity index (χ2n) is 18.5. The third-order valence-electron chi connectivity index (χ3n) is 11.5. The number of aliphatic hydroxyl groups is 1. The molecule has 406 valence electrons. The van der Waals surface area contributed by atoms with E-state index in [4.69, 9.17) is 17.2 Å². The van der Waals surface area contributed by atoms with Crippen LogP contribution in [0.1, 0.15) is 92.1 Å². The molecule has 73 heavy (non-hydrogen) atoms. The zero-order chi connectivity index (χ0) is 55.3. The zero-order valence-corrected chi connectivity index (χ0v) is 41.8. The van der Waals surface area contributed by atoms with Crippen LogP contribution in [0.5, 0.6) is 0 Å². The molecule has 1 fully saturated rings. The van der Waals surface area contributed by atoms with Gasteiger partial charge in [-0.3, -0.25) is 52.9 Å². The van der Waals surface area contributed by atoms with Crippen molar-refractivity contribution in [2.45, 2.75) is 153 Å². The standard InChI is InChI=1S/C46H72N12O15/c1-22(2)18-28(55-43(70)35(47)25(6)59)39(66)51-24(5)37(64)53-30(20-33(60)61)41(68)54-29(19-26-12-8-7-9-13-26)40(67)56-31(21-34(62)63)44(71)58-17-11-15-32(58)42(69)52-27(14-10-16-50-46(48)49)38(65)57-36(23(3)4)45(72)73/h7-9,12-13,22-25,27-32,35-36,59H,10-11,14-21,47H2,1-6H3,(H,51,66)(H,52,69)(H,53,64)(H,54,68)(H,55,70)(H,56,67)(H,57,65)(H,60,61)(H,62,63)(H,72,73)(H4,48,49,50). The molecule has 8 amide bonds. The van der Waals surface area contributed by atoms with Crippen LogP contribution < -0.4 is 54.4 Å². The minimum Gasteiger partial charge on any atom is -0.481 e. The number of carbonyl (C=O) groups is 11. The van der Waals surface area contributed by atoms with Crippen LogP contribution in [0, 0.1) is 11.8 Å². The highest BCUT2D eigenvalue weighted by atomic mass is 16.4. The van der Waals surface area contributed by atoms with Crippen LogP contribution >= 0.6 is 0 Å². The number of amides is 8. The summed E-state index contributed by atoms with van der Waals surface area (Å²) < 4.78 is 0. The normalized spacial score (nSPS) is 16.9. The molecule has 1 saturated heterocycles. The first-order valence-electron chi connectivity index (χ1n) is 23.8. The highest BCUT2D eigenvalue weighted by Crippen LogP contribution is 2.21. The van der Waals surface area contributed by atoms with Crippen molar-refractivity contribution in [2.24, 2.45) is 34.0 Å². The predicted octanol–water partition coefficient (Wildman–Crippen LogP) is -3.87. The Morgan fingerprint density at radius 1 is 0.671 bits per heavy atom. The molecule has 0 aliphatic carbocycles. The van der Waals surface area contributed by atoms with Gasteiger partial charge in [0.25, 0.3) is 0 Å². The Hall–Kier alpha value is -7.42. The maximum atomic E-state index is 14.2. The summed E-state index contributed by atoms with van der Waals surface area (Å²) in [5.74, 6) is -13.2. The van der Waals surface area contributed by atoms with E-state index in [2.05, 4.69) is 42.2 Å². The minimum atomic E-state index is -1.89. The van der Waals surface area contributed by atoms with Crippen molar-refractivity contribution in [1.82, 2.24) is 42.1 Å². The first kappa shape index (κ1) is 61.7. The first-order chi connectivity index (χ1) is 34.1. The van der Waals surface area contributed by atoms with Crippen molar-refractivity contribution in [3.05, 3.63) is 35.9 Å². The first-order valence-corrected chi connectivity index (χ1v) is 23.8. The van der Waals surface area contributed by atoms with Gasteiger partial charge in [0.1, 0.15) is 54.4 Å². The number of hydrogen-bond acceptors (Lipinski definition) is 14. The van der Waals surface area contributed by atoms with Crippen LogP contribution in [0.15, 0.2) is 35.3 Å². The average molecular weight is 1030 g/mol. The number of guanidine groups is 1. The lowest BCUT2D eigenvalue weighted by Crippen LogP contribution is -2.61. The van der Waals surface area contributed by atoms with Gasteiger partial charge in [-0.2, -0.15) is 0 Å². The van der Waals surface area contributed by atoms with E-state index in [1.54, 1.807) is 58.0 Å². The fraction of sp³-hybridized carbons (Fsp3) is 0.609. The summed E-state index contributed by atoms with van der Waals surface area (Å²) in [6, 6.07) is -5.37. The van der Waals surface area contributed by atoms with E-state index in [9.17, 15) is 73.2 Å². The molecule has 0 radical (unpaired) electrons. The number of nitrogens with two attached hydrogens (primary N) is 3. The minimum absolute atomic E-state index is 0.0385. The number of aliphatic carboxylic acids is 3. The Morgan fingerprint density at radius 3 is 1.75 bits per heavy atom. The number of carboxylic acid groups (broad SMARTS) is 3. The molecule has 1 heterocycles. The molecule has 1 aromatic rings. The van der Waals surface area contributed by atoms with Crippen molar-refractivity contribution < 1.29 is 73.2 Å². The SMILES string of the molecule is CC(C)CC(NC(=O)C(N)C(C)O)C(=O)NC(C)C(=O)NC(CC(=O)O)C(=O)NC(Cc1ccccc1)C(=O)NC(CC(=O)O)C(=O)N1CCCC1C(=O)NC(CCCN=C(N)N)C(=O)NC(C(=O)O)C(C)C. The Labute approximate surface area is 422 Å². The van der Waals surface area contributed by atoms with Crippen LogP contribution in [-0.4, -0.2) is 170 Å². The van der Waals surface area contributed by atoms with Gasteiger partial charge >= 0.3 is 17.9 Å². The number of nitrogens with one attached hydrogen (secondary N) is 7. The quantitative estimate of drug-likeness (QED) is 0.0199. The van der Waals surface area contributed by atoms with Crippen molar-refractivity contribution >= 4 is 71.1 Å². The lowest BCUT2D eigenvalue weighted by atomic mass is 10.0. The van der Waals surface area contributed by atoms with Crippen LogP contribution in [0.25, 0.3) is 0 Å². The van der Waals surface area contributed by atoms with Gasteiger partial charge in [0.2, 0.25) is 47.3 Å². The molecule has 2 rings (SSSR count). The van der Waals surface area contributed by atoms with Gasteiger partial charge in [-0.05, 0) is 63.4 Å². The van der Waals surface area contributed by atoms with E-state index in [1.807, 2.05) is 0 Å². The number of carboxylic acids is 3. The van der Waals surface area contributed by atoms with Gasteiger partial charge < -0.3 is 79.7 Å². The smallest absolute Gasteiger partial charge is 0.326 e. The maximum Gasteiger partial charge on any atom is 0.326 e. The fourth-order valence-corrected chi connectivity index (χ4v) is 7.54. The van der Waals surface area contributed by atoms with E-state index in [0.717, 1.165) is 4.90 Å². The number of aliphatic imine (C=N–C) groups is 1. The van der Waals surface area contributed by atoms with E-state index in [1.165, 1.54) is 13.8 Å². The molecule has 1 aromatic carbocycles. The highest BCUT2D eigenvalue weighted by Gasteiger charge is 2.41. The monoisotopic (exact) mass is 1030 g/mol. The van der Waals surface area contributed by atoms with Gasteiger partial charge in [0, 0.05) is 19.5 Å². The molecular weight excluding hydrogens is 961 g/mol. The summed E-state index contributed by atoms with van der Waals surface area (Å²) in [5, 5.41) is 55.9. The van der Waals surface area contributed by atoms with Crippen LogP contribution in [0.2, 0.25) is 0 Å². The van der Waals surface area contributed by atoms with Gasteiger partial charge in [-0.1, -0.05) is 58.0 Å². The second kappa shape index (κ2) is 29.8. The lowest BCUT2D eigenvalue weighted by molar-refractivity contribution is -0.146. The maximum absolute atomic E-state index is 14.2. The molecule has 0 aromatic heterocycles. The Kier molecular flexibility index (Phi) is 25.2. The topological polar surface area (TPSA) is 447 Å². The third kappa shape index (κ3) is 21.1. The summed E-state index contributed by atoms with van der Waals surface area (Å²) >= 11 is 0. The van der Waals surface area contributed by atoms with E-state index < -0.39 is 144 Å². The molecule has 0 bridgehead atoms. The van der Waals surface area contributed by atoms with Crippen molar-refractivity contribution in [3.63, 3.8) is 0 Å². The van der Waals surface area contributed by atoms with E-state index >= 15 is 0 Å². The van der Waals surface area contributed by atoms with Gasteiger partial charge in [0.05, 0.1) is 18.9 Å². The van der Waals surface area contributed by atoms with Crippen molar-refractivity contribution in [2.75, 3.05) is 13.1 Å². The molecular formula is C46H72N12O15. The van der Waals surface area contributed by atoms with E-state index in [0.29, 0.717) is 5.56 Å². The molecule has 1 aliphatic rings. The Balaban J connectivity index is 2.40. The lowest BCUT2D eigenvalue weighted by Gasteiger charge is -2.30. The predicted molar refractivity (Wildman–Crippen MR) is 260 cm³/mol. The Morgan fingerprint density at radius 2 is 1.21 bits per heavy atom. The zero-order valence-electron chi connectivity index (χ0n) is 41.8. The highest BCUT2D eigenvalue weighted by molar-refractivity contribution is 5.99. The number of nitrogens with zero attached hydrogens (tertiary/aromatic N) is 2. The van der Waals surface area contributed by atoms with Gasteiger partial charge in [-0.15, -0.1) is 0 Å². The largest absolute Gasteiger partial charge is 0.481 e. The molecule has 0 spiro atoms. The van der Waals surface area contributed by atoms with Crippen LogP contribution in [0.4, 0.5) is 0 Å². The molecule has 10 atom stereocenters. The number of hydrogen-bond donors (Lipinski definition) is 14. The Bertz CT molecular complexity index is 2150. The molecule has 1 aliphatic heterocycles. The summed E-state index contributed by atoms with van der Waals surface area (Å²) in [6.45, 7) is 9.09. The van der Waals surface area contributed by atoms with Crippen LogP contribution in [-0.2, 0) is 59.2 Å². The number of likely N-dealkylation sites (tertiary alicyclic amines) is 1. The average Bonchev–Trinajstić information content (AvgIpc) is 3.80. The number of carbonyl (C=O) groups excluding carboxylic acids is 8. The summed E-state index contributed by atoms with van der Waals surface area (Å²) in [7, 11) is 0. The summed E-state index contributed by atoms with van der Waals surface area (Å²) in [6.07, 6.45) is -3.17. The molecule has 27 nitrogen and oxygen atoms in total.